The van der Waals surface area contributed by atoms with E-state index in [4.69, 9.17) is 22.9 Å². The highest BCUT2D eigenvalue weighted by atomic mass is 16.4. The van der Waals surface area contributed by atoms with E-state index in [0.29, 0.717) is 31.5 Å². The van der Waals surface area contributed by atoms with Gasteiger partial charge < -0.3 is 54.1 Å². The second-order valence-corrected chi connectivity index (χ2v) is 8.74. The number of nitrogens with zero attached hydrogens (tertiary/aromatic N) is 2. The van der Waals surface area contributed by atoms with Crippen LogP contribution in [0.3, 0.4) is 0 Å². The molecule has 17 heteroatoms. The highest BCUT2D eigenvalue weighted by Crippen LogP contribution is 2.05. The molecule has 218 valence electrons. The lowest BCUT2D eigenvalue weighted by Crippen LogP contribution is -2.58. The van der Waals surface area contributed by atoms with Crippen LogP contribution < -0.4 is 38.9 Å². The van der Waals surface area contributed by atoms with Crippen LogP contribution in [0.15, 0.2) is 17.5 Å². The maximum absolute atomic E-state index is 13.1. The Labute approximate surface area is 224 Å². The number of aliphatic carboxylic acids is 2. The lowest BCUT2D eigenvalue weighted by atomic mass is 10.1. The second kappa shape index (κ2) is 17.3. The van der Waals surface area contributed by atoms with E-state index in [9.17, 15) is 34.2 Å². The summed E-state index contributed by atoms with van der Waals surface area (Å²) in [6, 6.07) is -5.22. The van der Waals surface area contributed by atoms with E-state index in [1.165, 1.54) is 12.5 Å². The molecule has 0 radical (unpaired) electrons. The molecular formula is C22H38N10O7. The van der Waals surface area contributed by atoms with Gasteiger partial charge >= 0.3 is 11.9 Å². The fourth-order valence-corrected chi connectivity index (χ4v) is 3.43. The number of carbonyl (C=O) groups excluding carboxylic acids is 3. The van der Waals surface area contributed by atoms with Crippen molar-refractivity contribution in [3.8, 4) is 0 Å². The molecule has 3 amide bonds. The average molecular weight is 555 g/mol. The summed E-state index contributed by atoms with van der Waals surface area (Å²) in [6.07, 6.45) is 3.60. The first-order chi connectivity index (χ1) is 18.4. The van der Waals surface area contributed by atoms with Gasteiger partial charge in [-0.3, -0.25) is 24.2 Å². The Morgan fingerprint density at radius 3 is 2.13 bits per heavy atom. The van der Waals surface area contributed by atoms with Gasteiger partial charge in [0.2, 0.25) is 17.7 Å². The summed E-state index contributed by atoms with van der Waals surface area (Å²) in [5.74, 6) is -5.52. The maximum Gasteiger partial charge on any atom is 0.326 e. The normalized spacial score (nSPS) is 13.8. The number of unbranched alkanes of at least 4 members (excludes halogenated alkanes) is 1. The molecule has 1 rings (SSSR count). The first kappa shape index (κ1) is 32.8. The van der Waals surface area contributed by atoms with Gasteiger partial charge in [-0.25, -0.2) is 9.78 Å². The summed E-state index contributed by atoms with van der Waals surface area (Å²) in [5, 5.41) is 25.8. The first-order valence-electron chi connectivity index (χ1n) is 12.3. The molecule has 0 fully saturated rings. The average Bonchev–Trinajstić information content (AvgIpc) is 3.37. The number of imidazole rings is 1. The van der Waals surface area contributed by atoms with Crippen LogP contribution >= 0.6 is 0 Å². The van der Waals surface area contributed by atoms with Gasteiger partial charge in [-0.15, -0.1) is 0 Å². The molecule has 17 nitrogen and oxygen atoms in total. The van der Waals surface area contributed by atoms with Crippen LogP contribution in [0.25, 0.3) is 0 Å². The van der Waals surface area contributed by atoms with Crippen LogP contribution in [0.4, 0.5) is 0 Å². The number of amides is 3. The minimum absolute atomic E-state index is 0.0634. The number of rotatable bonds is 19. The summed E-state index contributed by atoms with van der Waals surface area (Å²) in [5.41, 5.74) is 22.3. The molecule has 39 heavy (non-hydrogen) atoms. The van der Waals surface area contributed by atoms with E-state index >= 15 is 0 Å². The molecule has 0 saturated carbocycles. The number of hydrogen-bond acceptors (Lipinski definition) is 9. The van der Waals surface area contributed by atoms with Gasteiger partial charge in [-0.1, -0.05) is 6.42 Å². The fourth-order valence-electron chi connectivity index (χ4n) is 3.43. The van der Waals surface area contributed by atoms with Crippen molar-refractivity contribution in [3.63, 3.8) is 0 Å². The van der Waals surface area contributed by atoms with Crippen molar-refractivity contribution < 1.29 is 34.2 Å². The smallest absolute Gasteiger partial charge is 0.326 e. The molecule has 0 aliphatic carbocycles. The molecule has 1 aromatic heterocycles. The first-order valence-corrected chi connectivity index (χ1v) is 12.3. The molecule has 0 bridgehead atoms. The Morgan fingerprint density at radius 1 is 0.923 bits per heavy atom. The zero-order valence-corrected chi connectivity index (χ0v) is 21.5. The van der Waals surface area contributed by atoms with Gasteiger partial charge in [-0.05, 0) is 32.2 Å². The third-order valence-electron chi connectivity index (χ3n) is 5.49. The van der Waals surface area contributed by atoms with Gasteiger partial charge in [0.15, 0.2) is 5.96 Å². The summed E-state index contributed by atoms with van der Waals surface area (Å²) in [7, 11) is 0. The molecule has 14 N–H and O–H groups in total. The lowest BCUT2D eigenvalue weighted by Gasteiger charge is -2.24. The molecular weight excluding hydrogens is 516 g/mol. The SMILES string of the molecule is NCCCCC(N)C(=O)NC(Cc1cnc[nH]1)C(=O)NC(CC(=O)O)C(=O)NC(CCCN=C(N)N)C(=O)O. The molecule has 0 spiro atoms. The fraction of sp³-hybridized carbons (Fsp3) is 0.591. The van der Waals surface area contributed by atoms with E-state index in [1.54, 1.807) is 0 Å². The molecule has 0 aromatic carbocycles. The lowest BCUT2D eigenvalue weighted by molar-refractivity contribution is -0.143. The summed E-state index contributed by atoms with van der Waals surface area (Å²) >= 11 is 0. The number of carbonyl (C=O) groups is 5. The monoisotopic (exact) mass is 554 g/mol. The van der Waals surface area contributed by atoms with Crippen molar-refractivity contribution in [2.45, 2.75) is 69.1 Å². The molecule has 4 unspecified atom stereocenters. The van der Waals surface area contributed by atoms with Gasteiger partial charge in [0, 0.05) is 24.9 Å². The minimum Gasteiger partial charge on any atom is -0.481 e. The molecule has 1 heterocycles. The number of carboxylic acid groups (broad SMARTS) is 2. The van der Waals surface area contributed by atoms with E-state index in [-0.39, 0.29) is 31.8 Å². The Hall–Kier alpha value is -4.25. The summed E-state index contributed by atoms with van der Waals surface area (Å²) < 4.78 is 0. The molecule has 0 aliphatic heterocycles. The topological polar surface area (TPSA) is 307 Å². The summed E-state index contributed by atoms with van der Waals surface area (Å²) in [6.45, 7) is 0.547. The third kappa shape index (κ3) is 13.2. The van der Waals surface area contributed by atoms with Crippen molar-refractivity contribution in [2.24, 2.45) is 27.9 Å². The van der Waals surface area contributed by atoms with Crippen LogP contribution in [-0.4, -0.2) is 93.1 Å². The maximum atomic E-state index is 13.1. The third-order valence-corrected chi connectivity index (χ3v) is 5.49. The van der Waals surface area contributed by atoms with Crippen molar-refractivity contribution in [1.29, 1.82) is 0 Å². The van der Waals surface area contributed by atoms with E-state index in [1.807, 2.05) is 0 Å². The molecule has 4 atom stereocenters. The Morgan fingerprint density at radius 2 is 1.56 bits per heavy atom. The van der Waals surface area contributed by atoms with Crippen molar-refractivity contribution in [1.82, 2.24) is 25.9 Å². The van der Waals surface area contributed by atoms with Crippen molar-refractivity contribution in [3.05, 3.63) is 18.2 Å². The van der Waals surface area contributed by atoms with Crippen LogP contribution in [0.2, 0.25) is 0 Å². The van der Waals surface area contributed by atoms with Gasteiger partial charge in [0.05, 0.1) is 18.8 Å². The number of aliphatic imine (C=N–C) groups is 1. The zero-order chi connectivity index (χ0) is 29.4. The number of hydrogen-bond donors (Lipinski definition) is 10. The summed E-state index contributed by atoms with van der Waals surface area (Å²) in [4.78, 5) is 72.0. The Bertz CT molecular complexity index is 982. The molecule has 0 saturated heterocycles. The highest BCUT2D eigenvalue weighted by Gasteiger charge is 2.31. The predicted molar refractivity (Wildman–Crippen MR) is 139 cm³/mol. The quantitative estimate of drug-likeness (QED) is 0.0452. The largest absolute Gasteiger partial charge is 0.481 e. The van der Waals surface area contributed by atoms with Gasteiger partial charge in [0.25, 0.3) is 0 Å². The number of aromatic amines is 1. The van der Waals surface area contributed by atoms with Crippen LogP contribution in [0, 0.1) is 0 Å². The van der Waals surface area contributed by atoms with Gasteiger partial charge in [0.1, 0.15) is 18.1 Å². The molecule has 0 aliphatic rings. The number of carboxylic acids is 2. The number of nitrogens with two attached hydrogens (primary N) is 4. The predicted octanol–water partition coefficient (Wildman–Crippen LogP) is -3.52. The number of H-pyrrole nitrogens is 1. The van der Waals surface area contributed by atoms with E-state index in [0.717, 1.165) is 0 Å². The van der Waals surface area contributed by atoms with Crippen molar-refractivity contribution >= 4 is 35.6 Å². The van der Waals surface area contributed by atoms with E-state index < -0.39 is 60.2 Å². The number of nitrogens with one attached hydrogen (secondary N) is 4. The van der Waals surface area contributed by atoms with Crippen molar-refractivity contribution in [2.75, 3.05) is 13.1 Å². The number of guanidine groups is 1. The zero-order valence-electron chi connectivity index (χ0n) is 21.5. The Balaban J connectivity index is 2.99. The van der Waals surface area contributed by atoms with Crippen LogP contribution in [0.5, 0.6) is 0 Å². The standard InChI is InChI=1S/C22H38N10O7/c23-6-2-1-4-13(24)18(35)31-15(8-12-10-27-11-29-12)19(36)32-16(9-17(33)34)20(37)30-14(21(38)39)5-3-7-28-22(25)26/h10-11,13-16H,1-9,23-24H2,(H,27,29)(H,30,37)(H,31,35)(H,32,36)(H,33,34)(H,38,39)(H4,25,26,28). The van der Waals surface area contributed by atoms with Gasteiger partial charge in [-0.2, -0.15) is 0 Å². The Kier molecular flexibility index (Phi) is 14.5. The highest BCUT2D eigenvalue weighted by molar-refractivity contribution is 5.95. The molecule has 1 aromatic rings. The van der Waals surface area contributed by atoms with E-state index in [2.05, 4.69) is 30.9 Å². The second-order valence-electron chi connectivity index (χ2n) is 8.74. The van der Waals surface area contributed by atoms with Crippen LogP contribution in [0.1, 0.15) is 44.2 Å². The number of aromatic nitrogens is 2. The van der Waals surface area contributed by atoms with Crippen LogP contribution in [-0.2, 0) is 30.4 Å². The minimum atomic E-state index is -1.64.